The summed E-state index contributed by atoms with van der Waals surface area (Å²) >= 11 is 0. The average Bonchev–Trinajstić information content (AvgIpc) is 2.39. The fraction of sp³-hybridized carbons (Fsp3) is 0.933. The maximum Gasteiger partial charge on any atom is 0.303 e. The van der Waals surface area contributed by atoms with E-state index in [0.717, 1.165) is 12.8 Å². The highest BCUT2D eigenvalue weighted by molar-refractivity contribution is 5.66. The van der Waals surface area contributed by atoms with Crippen molar-refractivity contribution in [3.05, 3.63) is 0 Å². The molecule has 1 rings (SSSR count). The standard InChI is InChI=1S/C13H24O2.C2H6/c1-4-13(5-2,15-11(3)14)12-9-7-6-8-10-12;1-2/h12H,4-10H2,1-3H3;1-2H3. The van der Waals surface area contributed by atoms with E-state index in [-0.39, 0.29) is 11.6 Å². The van der Waals surface area contributed by atoms with E-state index in [9.17, 15) is 4.79 Å². The van der Waals surface area contributed by atoms with Crippen LogP contribution in [0.4, 0.5) is 0 Å². The van der Waals surface area contributed by atoms with E-state index in [4.69, 9.17) is 4.74 Å². The third-order valence-electron chi connectivity index (χ3n) is 3.89. The lowest BCUT2D eigenvalue weighted by Crippen LogP contribution is -2.42. The Kier molecular flexibility index (Phi) is 8.28. The minimum atomic E-state index is -0.174. The van der Waals surface area contributed by atoms with Gasteiger partial charge >= 0.3 is 5.97 Å². The molecule has 1 aliphatic carbocycles. The summed E-state index contributed by atoms with van der Waals surface area (Å²) in [5.41, 5.74) is -0.174. The fourth-order valence-corrected chi connectivity index (χ4v) is 2.97. The van der Waals surface area contributed by atoms with Gasteiger partial charge in [0, 0.05) is 6.92 Å². The average molecular weight is 242 g/mol. The highest BCUT2D eigenvalue weighted by Gasteiger charge is 2.38. The van der Waals surface area contributed by atoms with Gasteiger partial charge in [0.15, 0.2) is 0 Å². The van der Waals surface area contributed by atoms with Crippen molar-refractivity contribution in [2.24, 2.45) is 5.92 Å². The van der Waals surface area contributed by atoms with Crippen LogP contribution >= 0.6 is 0 Å². The topological polar surface area (TPSA) is 26.3 Å². The molecule has 0 aromatic rings. The number of rotatable bonds is 4. The molecule has 1 saturated carbocycles. The van der Waals surface area contributed by atoms with Crippen LogP contribution in [0.1, 0.15) is 79.6 Å². The molecule has 0 N–H and O–H groups in total. The lowest BCUT2D eigenvalue weighted by molar-refractivity contribution is -0.166. The molecular formula is C15H30O2. The first kappa shape index (κ1) is 16.5. The molecule has 2 heteroatoms. The Morgan fingerprint density at radius 3 is 1.94 bits per heavy atom. The highest BCUT2D eigenvalue weighted by atomic mass is 16.6. The molecule has 0 aromatic carbocycles. The van der Waals surface area contributed by atoms with E-state index < -0.39 is 0 Å². The van der Waals surface area contributed by atoms with E-state index in [1.165, 1.54) is 39.0 Å². The van der Waals surface area contributed by atoms with E-state index in [1.54, 1.807) is 0 Å². The Morgan fingerprint density at radius 1 is 1.12 bits per heavy atom. The predicted molar refractivity (Wildman–Crippen MR) is 73.0 cm³/mol. The second-order valence-corrected chi connectivity index (χ2v) is 4.70. The van der Waals surface area contributed by atoms with E-state index in [0.29, 0.717) is 5.92 Å². The predicted octanol–water partition coefficient (Wildman–Crippen LogP) is 4.71. The first-order valence-corrected chi connectivity index (χ1v) is 7.34. The summed E-state index contributed by atoms with van der Waals surface area (Å²) in [6, 6.07) is 0. The number of esters is 1. The van der Waals surface area contributed by atoms with Crippen molar-refractivity contribution in [2.45, 2.75) is 85.2 Å². The molecule has 102 valence electrons. The molecule has 0 radical (unpaired) electrons. The lowest BCUT2D eigenvalue weighted by atomic mass is 9.74. The first-order chi connectivity index (χ1) is 8.14. The van der Waals surface area contributed by atoms with Crippen molar-refractivity contribution < 1.29 is 9.53 Å². The van der Waals surface area contributed by atoms with Gasteiger partial charge in [0.05, 0.1) is 0 Å². The molecular weight excluding hydrogens is 212 g/mol. The van der Waals surface area contributed by atoms with Gasteiger partial charge in [0.25, 0.3) is 0 Å². The molecule has 0 spiro atoms. The summed E-state index contributed by atoms with van der Waals surface area (Å²) in [7, 11) is 0. The zero-order valence-electron chi connectivity index (χ0n) is 12.3. The number of hydrogen-bond donors (Lipinski definition) is 0. The maximum atomic E-state index is 11.2. The maximum absolute atomic E-state index is 11.2. The molecule has 2 nitrogen and oxygen atoms in total. The zero-order chi connectivity index (χ0) is 13.3. The van der Waals surface area contributed by atoms with Crippen molar-refractivity contribution in [1.29, 1.82) is 0 Å². The Bertz CT molecular complexity index is 201. The van der Waals surface area contributed by atoms with Gasteiger partial charge in [-0.15, -0.1) is 0 Å². The van der Waals surface area contributed by atoms with Crippen LogP contribution in [0, 0.1) is 5.92 Å². The molecule has 1 aliphatic rings. The Morgan fingerprint density at radius 2 is 1.59 bits per heavy atom. The number of carbonyl (C=O) groups is 1. The smallest absolute Gasteiger partial charge is 0.303 e. The molecule has 17 heavy (non-hydrogen) atoms. The van der Waals surface area contributed by atoms with Crippen LogP contribution in [0.15, 0.2) is 0 Å². The van der Waals surface area contributed by atoms with E-state index >= 15 is 0 Å². The summed E-state index contributed by atoms with van der Waals surface area (Å²) < 4.78 is 5.64. The molecule has 0 amide bonds. The van der Waals surface area contributed by atoms with Crippen LogP contribution in [-0.2, 0) is 9.53 Å². The number of ether oxygens (including phenoxy) is 1. The SMILES string of the molecule is CC.CCC(CC)(OC(C)=O)C1CCCCC1. The second-order valence-electron chi connectivity index (χ2n) is 4.70. The van der Waals surface area contributed by atoms with Crippen LogP contribution in [0.25, 0.3) is 0 Å². The quantitative estimate of drug-likeness (QED) is 0.667. The zero-order valence-corrected chi connectivity index (χ0v) is 12.3. The summed E-state index contributed by atoms with van der Waals surface area (Å²) in [6.45, 7) is 9.81. The van der Waals surface area contributed by atoms with Crippen LogP contribution in [0.2, 0.25) is 0 Å². The summed E-state index contributed by atoms with van der Waals surface area (Å²) in [5, 5.41) is 0. The summed E-state index contributed by atoms with van der Waals surface area (Å²) in [4.78, 5) is 11.2. The number of carbonyl (C=O) groups excluding carboxylic acids is 1. The normalized spacial score (nSPS) is 17.0. The van der Waals surface area contributed by atoms with Crippen molar-refractivity contribution in [3.63, 3.8) is 0 Å². The molecule has 0 heterocycles. The van der Waals surface area contributed by atoms with Gasteiger partial charge in [-0.2, -0.15) is 0 Å². The van der Waals surface area contributed by atoms with Crippen molar-refractivity contribution in [2.75, 3.05) is 0 Å². The largest absolute Gasteiger partial charge is 0.459 e. The molecule has 0 atom stereocenters. The minimum absolute atomic E-state index is 0.121. The fourth-order valence-electron chi connectivity index (χ4n) is 2.97. The number of hydrogen-bond acceptors (Lipinski definition) is 2. The summed E-state index contributed by atoms with van der Waals surface area (Å²) in [6.07, 6.45) is 8.31. The van der Waals surface area contributed by atoms with Gasteiger partial charge < -0.3 is 4.74 Å². The van der Waals surface area contributed by atoms with Crippen LogP contribution in [0.3, 0.4) is 0 Å². The molecule has 0 bridgehead atoms. The van der Waals surface area contributed by atoms with Gasteiger partial charge in [0.1, 0.15) is 5.60 Å². The van der Waals surface area contributed by atoms with Crippen LogP contribution in [0.5, 0.6) is 0 Å². The summed E-state index contributed by atoms with van der Waals surface area (Å²) in [5.74, 6) is 0.467. The molecule has 0 aliphatic heterocycles. The van der Waals surface area contributed by atoms with Crippen LogP contribution in [-0.4, -0.2) is 11.6 Å². The molecule has 0 saturated heterocycles. The van der Waals surface area contributed by atoms with Gasteiger partial charge in [0.2, 0.25) is 0 Å². The monoisotopic (exact) mass is 242 g/mol. The van der Waals surface area contributed by atoms with Crippen molar-refractivity contribution in [3.8, 4) is 0 Å². The third-order valence-corrected chi connectivity index (χ3v) is 3.89. The first-order valence-electron chi connectivity index (χ1n) is 7.34. The molecule has 0 unspecified atom stereocenters. The second kappa shape index (κ2) is 8.54. The van der Waals surface area contributed by atoms with Gasteiger partial charge in [-0.25, -0.2) is 0 Å². The third kappa shape index (κ3) is 4.69. The van der Waals surface area contributed by atoms with Gasteiger partial charge in [-0.05, 0) is 31.6 Å². The minimum Gasteiger partial charge on any atom is -0.459 e. The van der Waals surface area contributed by atoms with Gasteiger partial charge in [-0.1, -0.05) is 47.0 Å². The Balaban J connectivity index is 0.00000121. The van der Waals surface area contributed by atoms with Crippen molar-refractivity contribution >= 4 is 5.97 Å². The van der Waals surface area contributed by atoms with E-state index in [2.05, 4.69) is 13.8 Å². The van der Waals surface area contributed by atoms with Crippen molar-refractivity contribution in [1.82, 2.24) is 0 Å². The van der Waals surface area contributed by atoms with Crippen LogP contribution < -0.4 is 0 Å². The highest BCUT2D eigenvalue weighted by Crippen LogP contribution is 2.39. The van der Waals surface area contributed by atoms with Gasteiger partial charge in [-0.3, -0.25) is 4.79 Å². The Labute approximate surface area is 107 Å². The molecule has 0 aromatic heterocycles. The Hall–Kier alpha value is -0.530. The molecule has 1 fully saturated rings. The lowest BCUT2D eigenvalue weighted by Gasteiger charge is -2.40. The van der Waals surface area contributed by atoms with E-state index in [1.807, 2.05) is 13.8 Å².